The van der Waals surface area contributed by atoms with E-state index in [0.717, 1.165) is 27.7 Å². The lowest BCUT2D eigenvalue weighted by Crippen LogP contribution is -2.44. The van der Waals surface area contributed by atoms with E-state index in [1.807, 2.05) is 39.8 Å². The van der Waals surface area contributed by atoms with E-state index in [1.165, 1.54) is 0 Å². The minimum Gasteiger partial charge on any atom is -0.481 e. The summed E-state index contributed by atoms with van der Waals surface area (Å²) in [6.07, 6.45) is 2.26. The number of carboxylic acids is 1. The molecule has 23 heavy (non-hydrogen) atoms. The Balaban J connectivity index is 2.09. The van der Waals surface area contributed by atoms with Crippen molar-refractivity contribution in [3.8, 4) is 0 Å². The molecule has 2 aromatic rings. The van der Waals surface area contributed by atoms with Crippen molar-refractivity contribution in [3.05, 3.63) is 35.1 Å². The second-order valence-electron chi connectivity index (χ2n) is 6.65. The molecule has 0 radical (unpaired) electrons. The molecule has 0 aliphatic carbocycles. The first kappa shape index (κ1) is 17.1. The van der Waals surface area contributed by atoms with Gasteiger partial charge >= 0.3 is 5.97 Å². The van der Waals surface area contributed by atoms with Gasteiger partial charge in [-0.25, -0.2) is 0 Å². The van der Waals surface area contributed by atoms with Crippen LogP contribution in [-0.4, -0.2) is 22.5 Å². The Kier molecular flexibility index (Phi) is 4.78. The molecule has 0 atom stereocenters. The summed E-state index contributed by atoms with van der Waals surface area (Å²) in [5.41, 5.74) is 3.34. The van der Waals surface area contributed by atoms with E-state index < -0.39 is 11.5 Å². The summed E-state index contributed by atoms with van der Waals surface area (Å²) >= 11 is 0. The van der Waals surface area contributed by atoms with Crippen molar-refractivity contribution in [2.45, 2.75) is 52.5 Å². The molecular weight excluding hydrogens is 294 g/mol. The highest BCUT2D eigenvalue weighted by atomic mass is 16.4. The van der Waals surface area contributed by atoms with Crippen LogP contribution in [-0.2, 0) is 16.0 Å². The zero-order valence-electron chi connectivity index (χ0n) is 14.0. The fourth-order valence-corrected chi connectivity index (χ4v) is 2.60. The Bertz CT molecular complexity index is 743. The number of fused-ring (bicyclic) bond motifs is 1. The average Bonchev–Trinajstić information content (AvgIpc) is 2.84. The minimum absolute atomic E-state index is 0.0282. The third-order valence-electron chi connectivity index (χ3n) is 4.13. The molecule has 5 nitrogen and oxygen atoms in total. The topological polar surface area (TPSA) is 79.5 Å². The number of benzene rings is 1. The van der Waals surface area contributed by atoms with Gasteiger partial charge in [0, 0.05) is 22.9 Å². The van der Waals surface area contributed by atoms with Crippen LogP contribution in [0.3, 0.4) is 0 Å². The molecule has 2 N–H and O–H groups in total. The quantitative estimate of drug-likeness (QED) is 0.856. The number of hydrogen-bond donors (Lipinski definition) is 2. The number of aliphatic carboxylic acids is 1. The second kappa shape index (κ2) is 6.44. The summed E-state index contributed by atoms with van der Waals surface area (Å²) in [5.74, 6) is -1.000. The van der Waals surface area contributed by atoms with E-state index in [0.29, 0.717) is 6.42 Å². The Labute approximate surface area is 135 Å². The summed E-state index contributed by atoms with van der Waals surface area (Å²) in [6, 6.07) is 3.99. The van der Waals surface area contributed by atoms with Gasteiger partial charge in [0.15, 0.2) is 0 Å². The molecule has 0 aliphatic heterocycles. The van der Waals surface area contributed by atoms with Gasteiger partial charge in [-0.1, -0.05) is 12.1 Å². The molecule has 0 fully saturated rings. The van der Waals surface area contributed by atoms with Crippen LogP contribution in [0.2, 0.25) is 0 Å². The minimum atomic E-state index is -0.862. The van der Waals surface area contributed by atoms with E-state index in [1.54, 1.807) is 6.26 Å². The third-order valence-corrected chi connectivity index (χ3v) is 4.13. The number of carboxylic acid groups (broad SMARTS) is 1. The van der Waals surface area contributed by atoms with Crippen molar-refractivity contribution in [2.24, 2.45) is 0 Å². The molecular formula is C18H23NO4. The van der Waals surface area contributed by atoms with Crippen molar-refractivity contribution in [3.63, 3.8) is 0 Å². The maximum Gasteiger partial charge on any atom is 0.303 e. The molecule has 0 saturated heterocycles. The third kappa shape index (κ3) is 4.12. The maximum absolute atomic E-state index is 12.3. The van der Waals surface area contributed by atoms with E-state index in [4.69, 9.17) is 9.52 Å². The van der Waals surface area contributed by atoms with E-state index >= 15 is 0 Å². The molecule has 0 bridgehead atoms. The molecule has 0 aliphatic rings. The summed E-state index contributed by atoms with van der Waals surface area (Å²) in [4.78, 5) is 22.9. The molecule has 2 rings (SSSR count). The number of furan rings is 1. The van der Waals surface area contributed by atoms with Gasteiger partial charge in [-0.3, -0.25) is 9.59 Å². The number of nitrogens with one attached hydrogen (secondary N) is 1. The van der Waals surface area contributed by atoms with Gasteiger partial charge in [0.2, 0.25) is 5.91 Å². The fraction of sp³-hybridized carbons (Fsp3) is 0.444. The smallest absolute Gasteiger partial charge is 0.303 e. The average molecular weight is 317 g/mol. The Hall–Kier alpha value is -2.30. The van der Waals surface area contributed by atoms with Crippen molar-refractivity contribution < 1.29 is 19.1 Å². The number of aryl methyl sites for hydroxylation is 2. The Morgan fingerprint density at radius 2 is 1.96 bits per heavy atom. The maximum atomic E-state index is 12.3. The van der Waals surface area contributed by atoms with Gasteiger partial charge in [-0.05, 0) is 45.2 Å². The van der Waals surface area contributed by atoms with Gasteiger partial charge < -0.3 is 14.8 Å². The normalized spacial score (nSPS) is 11.7. The highest BCUT2D eigenvalue weighted by Crippen LogP contribution is 2.27. The monoisotopic (exact) mass is 317 g/mol. The van der Waals surface area contributed by atoms with Crippen molar-refractivity contribution in [1.29, 1.82) is 0 Å². The molecule has 1 heterocycles. The van der Waals surface area contributed by atoms with Gasteiger partial charge in [0.25, 0.3) is 0 Å². The molecule has 0 spiro atoms. The lowest BCUT2D eigenvalue weighted by molar-refractivity contribution is -0.137. The Morgan fingerprint density at radius 1 is 1.26 bits per heavy atom. The predicted molar refractivity (Wildman–Crippen MR) is 88.5 cm³/mol. The standard InChI is InChI=1S/C18H23NO4/c1-11-5-6-14-13(10-23-17(14)12(11)2)9-15(20)19-18(3,4)8-7-16(21)22/h5-6,10H,7-9H2,1-4H3,(H,19,20)(H,21,22). The lowest BCUT2D eigenvalue weighted by atomic mass is 9.97. The highest BCUT2D eigenvalue weighted by Gasteiger charge is 2.22. The first-order valence-electron chi connectivity index (χ1n) is 7.69. The number of rotatable bonds is 6. The largest absolute Gasteiger partial charge is 0.481 e. The van der Waals surface area contributed by atoms with Gasteiger partial charge in [0.05, 0.1) is 12.7 Å². The molecule has 5 heteroatoms. The van der Waals surface area contributed by atoms with Gasteiger partial charge in [-0.2, -0.15) is 0 Å². The summed E-state index contributed by atoms with van der Waals surface area (Å²) in [6.45, 7) is 7.68. The van der Waals surface area contributed by atoms with Crippen LogP contribution >= 0.6 is 0 Å². The van der Waals surface area contributed by atoms with Gasteiger partial charge in [0.1, 0.15) is 5.58 Å². The van der Waals surface area contributed by atoms with Crippen LogP contribution in [0.25, 0.3) is 11.0 Å². The zero-order chi connectivity index (χ0) is 17.2. The SMILES string of the molecule is Cc1ccc2c(CC(=O)NC(C)(C)CCC(=O)O)coc2c1C. The van der Waals surface area contributed by atoms with Crippen LogP contribution in [0.1, 0.15) is 43.4 Å². The van der Waals surface area contributed by atoms with Crippen LogP contribution < -0.4 is 5.32 Å². The van der Waals surface area contributed by atoms with Crippen LogP contribution in [0.5, 0.6) is 0 Å². The summed E-state index contributed by atoms with van der Waals surface area (Å²) in [5, 5.41) is 12.6. The molecule has 1 amide bonds. The number of carbonyl (C=O) groups excluding carboxylic acids is 1. The molecule has 0 unspecified atom stereocenters. The van der Waals surface area contributed by atoms with Crippen LogP contribution in [0, 0.1) is 13.8 Å². The fourth-order valence-electron chi connectivity index (χ4n) is 2.60. The number of carbonyl (C=O) groups is 2. The van der Waals surface area contributed by atoms with Crippen LogP contribution in [0.15, 0.2) is 22.8 Å². The van der Waals surface area contributed by atoms with Crippen molar-refractivity contribution >= 4 is 22.8 Å². The summed E-state index contributed by atoms with van der Waals surface area (Å²) in [7, 11) is 0. The molecule has 1 aromatic carbocycles. The molecule has 124 valence electrons. The second-order valence-corrected chi connectivity index (χ2v) is 6.65. The summed E-state index contributed by atoms with van der Waals surface area (Å²) < 4.78 is 5.61. The number of amides is 1. The highest BCUT2D eigenvalue weighted by molar-refractivity contribution is 5.89. The molecule has 1 aromatic heterocycles. The van der Waals surface area contributed by atoms with Crippen LogP contribution in [0.4, 0.5) is 0 Å². The van der Waals surface area contributed by atoms with E-state index in [-0.39, 0.29) is 18.7 Å². The van der Waals surface area contributed by atoms with E-state index in [2.05, 4.69) is 5.32 Å². The van der Waals surface area contributed by atoms with E-state index in [9.17, 15) is 9.59 Å². The van der Waals surface area contributed by atoms with Gasteiger partial charge in [-0.15, -0.1) is 0 Å². The first-order valence-corrected chi connectivity index (χ1v) is 7.69. The van der Waals surface area contributed by atoms with Crippen molar-refractivity contribution in [1.82, 2.24) is 5.32 Å². The number of hydrogen-bond acceptors (Lipinski definition) is 3. The lowest BCUT2D eigenvalue weighted by Gasteiger charge is -2.25. The van der Waals surface area contributed by atoms with Crippen molar-refractivity contribution in [2.75, 3.05) is 0 Å². The zero-order valence-corrected chi connectivity index (χ0v) is 14.0. The first-order chi connectivity index (χ1) is 10.7. The predicted octanol–water partition coefficient (Wildman–Crippen LogP) is 3.35. The molecule has 0 saturated carbocycles. The Morgan fingerprint density at radius 3 is 2.61 bits per heavy atom.